The van der Waals surface area contributed by atoms with Gasteiger partial charge in [0.15, 0.2) is 0 Å². The molecule has 0 saturated heterocycles. The minimum atomic E-state index is -3.51. The predicted molar refractivity (Wildman–Crippen MR) is 82.2 cm³/mol. The molecule has 0 aromatic heterocycles. The van der Waals surface area contributed by atoms with Crippen LogP contribution in [0.4, 0.5) is 5.69 Å². The van der Waals surface area contributed by atoms with Gasteiger partial charge in [-0.2, -0.15) is 0 Å². The molecular formula is C15H24N2O2S. The number of nitrogens with one attached hydrogen (secondary N) is 1. The van der Waals surface area contributed by atoms with E-state index >= 15 is 0 Å². The maximum absolute atomic E-state index is 12.7. The fourth-order valence-electron chi connectivity index (χ4n) is 3.02. The summed E-state index contributed by atoms with van der Waals surface area (Å²) in [6.07, 6.45) is 3.09. The normalized spacial score (nSPS) is 23.2. The Balaban J connectivity index is 2.44. The molecular weight excluding hydrogens is 272 g/mol. The largest absolute Gasteiger partial charge is 0.398 e. The molecule has 112 valence electrons. The molecule has 1 aromatic carbocycles. The highest BCUT2D eigenvalue weighted by atomic mass is 32.2. The highest BCUT2D eigenvalue weighted by Crippen LogP contribution is 2.30. The molecule has 5 heteroatoms. The van der Waals surface area contributed by atoms with Crippen LogP contribution < -0.4 is 10.5 Å². The molecule has 0 heterocycles. The van der Waals surface area contributed by atoms with Crippen molar-refractivity contribution >= 4 is 15.7 Å². The Labute approximate surface area is 121 Å². The highest BCUT2D eigenvalue weighted by molar-refractivity contribution is 7.89. The second-order valence-electron chi connectivity index (χ2n) is 6.00. The van der Waals surface area contributed by atoms with Gasteiger partial charge in [-0.05, 0) is 62.3 Å². The monoisotopic (exact) mass is 296 g/mol. The molecule has 0 amide bonds. The van der Waals surface area contributed by atoms with Gasteiger partial charge < -0.3 is 5.73 Å². The van der Waals surface area contributed by atoms with E-state index in [4.69, 9.17) is 5.73 Å². The first kappa shape index (κ1) is 15.3. The molecule has 1 aliphatic carbocycles. The number of rotatable bonds is 3. The molecule has 2 atom stereocenters. The molecule has 1 aliphatic rings. The zero-order valence-corrected chi connectivity index (χ0v) is 13.5. The van der Waals surface area contributed by atoms with E-state index in [1.165, 1.54) is 0 Å². The van der Waals surface area contributed by atoms with Crippen molar-refractivity contribution in [3.63, 3.8) is 0 Å². The number of aryl methyl sites for hydroxylation is 1. The van der Waals surface area contributed by atoms with Gasteiger partial charge in [-0.1, -0.05) is 13.3 Å². The van der Waals surface area contributed by atoms with Crippen LogP contribution >= 0.6 is 0 Å². The Bertz CT molecular complexity index is 597. The van der Waals surface area contributed by atoms with E-state index in [0.29, 0.717) is 22.1 Å². The number of anilines is 1. The van der Waals surface area contributed by atoms with Gasteiger partial charge in [-0.25, -0.2) is 13.1 Å². The van der Waals surface area contributed by atoms with Crippen LogP contribution in [0.5, 0.6) is 0 Å². The number of nitrogen functional groups attached to an aromatic ring is 1. The van der Waals surface area contributed by atoms with Crippen molar-refractivity contribution in [3.8, 4) is 0 Å². The van der Waals surface area contributed by atoms with E-state index in [0.717, 1.165) is 30.4 Å². The van der Waals surface area contributed by atoms with Crippen LogP contribution in [-0.4, -0.2) is 14.5 Å². The molecule has 3 N–H and O–H groups in total. The molecule has 1 fully saturated rings. The summed E-state index contributed by atoms with van der Waals surface area (Å²) >= 11 is 0. The lowest BCUT2D eigenvalue weighted by Crippen LogP contribution is -2.37. The number of hydrogen-bond acceptors (Lipinski definition) is 3. The van der Waals surface area contributed by atoms with E-state index in [-0.39, 0.29) is 6.04 Å². The first-order valence-electron chi connectivity index (χ1n) is 7.12. The summed E-state index contributed by atoms with van der Waals surface area (Å²) < 4.78 is 28.3. The Kier molecular flexibility index (Phi) is 4.12. The molecule has 2 unspecified atom stereocenters. The molecule has 4 nitrogen and oxygen atoms in total. The summed E-state index contributed by atoms with van der Waals surface area (Å²) in [6, 6.07) is 1.88. The number of nitrogens with two attached hydrogens (primary N) is 1. The lowest BCUT2D eigenvalue weighted by molar-refractivity contribution is 0.476. The second-order valence-corrected chi connectivity index (χ2v) is 7.65. The Hall–Kier alpha value is -1.07. The lowest BCUT2D eigenvalue weighted by atomic mass is 10.1. The standard InChI is InChI=1S/C15H24N2O2S/c1-9-6-5-7-14(9)17-20(18,19)15-11(3)10(2)8-13(16)12(15)4/h8-9,14,17H,5-7,16H2,1-4H3. The van der Waals surface area contributed by atoms with Crippen molar-refractivity contribution in [1.82, 2.24) is 4.72 Å². The Morgan fingerprint density at radius 3 is 2.40 bits per heavy atom. The molecule has 1 saturated carbocycles. The van der Waals surface area contributed by atoms with E-state index < -0.39 is 10.0 Å². The van der Waals surface area contributed by atoms with Crippen molar-refractivity contribution < 1.29 is 8.42 Å². The average molecular weight is 296 g/mol. The van der Waals surface area contributed by atoms with Crippen molar-refractivity contribution in [2.75, 3.05) is 5.73 Å². The summed E-state index contributed by atoms with van der Waals surface area (Å²) in [7, 11) is -3.51. The van der Waals surface area contributed by atoms with Crippen LogP contribution in [0.3, 0.4) is 0 Å². The quantitative estimate of drug-likeness (QED) is 0.842. The van der Waals surface area contributed by atoms with Crippen molar-refractivity contribution in [1.29, 1.82) is 0 Å². The van der Waals surface area contributed by atoms with Gasteiger partial charge in [0.25, 0.3) is 0 Å². The first-order chi connectivity index (χ1) is 9.24. The molecule has 0 aliphatic heterocycles. The van der Waals surface area contributed by atoms with Gasteiger partial charge in [-0.15, -0.1) is 0 Å². The van der Waals surface area contributed by atoms with Crippen molar-refractivity contribution in [2.45, 2.75) is 57.9 Å². The van der Waals surface area contributed by atoms with Crippen LogP contribution in [0.1, 0.15) is 42.9 Å². The highest BCUT2D eigenvalue weighted by Gasteiger charge is 2.30. The van der Waals surface area contributed by atoms with E-state index in [1.54, 1.807) is 6.92 Å². The van der Waals surface area contributed by atoms with Crippen LogP contribution in [-0.2, 0) is 10.0 Å². The first-order valence-corrected chi connectivity index (χ1v) is 8.61. The summed E-state index contributed by atoms with van der Waals surface area (Å²) in [5.41, 5.74) is 8.81. The fourth-order valence-corrected chi connectivity index (χ4v) is 4.97. The average Bonchev–Trinajstić information content (AvgIpc) is 2.72. The Morgan fingerprint density at radius 2 is 1.85 bits per heavy atom. The molecule has 0 bridgehead atoms. The third-order valence-electron chi connectivity index (χ3n) is 4.51. The smallest absolute Gasteiger partial charge is 0.241 e. The number of hydrogen-bond donors (Lipinski definition) is 2. The van der Waals surface area contributed by atoms with Crippen LogP contribution in [0.2, 0.25) is 0 Å². The van der Waals surface area contributed by atoms with Gasteiger partial charge in [-0.3, -0.25) is 0 Å². The van der Waals surface area contributed by atoms with Gasteiger partial charge in [0.2, 0.25) is 10.0 Å². The van der Waals surface area contributed by atoms with Gasteiger partial charge in [0, 0.05) is 11.7 Å². The summed E-state index contributed by atoms with van der Waals surface area (Å²) in [4.78, 5) is 0.356. The third kappa shape index (κ3) is 2.69. The van der Waals surface area contributed by atoms with Gasteiger partial charge in [0.05, 0.1) is 4.90 Å². The van der Waals surface area contributed by atoms with E-state index in [2.05, 4.69) is 11.6 Å². The summed E-state index contributed by atoms with van der Waals surface area (Å²) in [5.74, 6) is 0.396. The summed E-state index contributed by atoms with van der Waals surface area (Å²) in [5, 5.41) is 0. The van der Waals surface area contributed by atoms with E-state index in [1.807, 2.05) is 19.9 Å². The van der Waals surface area contributed by atoms with Gasteiger partial charge in [0.1, 0.15) is 0 Å². The van der Waals surface area contributed by atoms with Crippen LogP contribution in [0.25, 0.3) is 0 Å². The zero-order valence-electron chi connectivity index (χ0n) is 12.7. The minimum Gasteiger partial charge on any atom is -0.398 e. The van der Waals surface area contributed by atoms with Crippen LogP contribution in [0, 0.1) is 26.7 Å². The molecule has 2 rings (SSSR count). The number of sulfonamides is 1. The SMILES string of the molecule is Cc1cc(N)c(C)c(S(=O)(=O)NC2CCCC2C)c1C. The molecule has 20 heavy (non-hydrogen) atoms. The molecule has 0 spiro atoms. The minimum absolute atomic E-state index is 0.0422. The second kappa shape index (κ2) is 5.37. The maximum atomic E-state index is 12.7. The van der Waals surface area contributed by atoms with Crippen LogP contribution in [0.15, 0.2) is 11.0 Å². The van der Waals surface area contributed by atoms with Crippen molar-refractivity contribution in [2.24, 2.45) is 5.92 Å². The predicted octanol–water partition coefficient (Wildman–Crippen LogP) is 2.66. The maximum Gasteiger partial charge on any atom is 0.241 e. The molecule has 1 aromatic rings. The fraction of sp³-hybridized carbons (Fsp3) is 0.600. The number of benzene rings is 1. The topological polar surface area (TPSA) is 72.2 Å². The van der Waals surface area contributed by atoms with Gasteiger partial charge >= 0.3 is 0 Å². The summed E-state index contributed by atoms with van der Waals surface area (Å²) in [6.45, 7) is 7.61. The third-order valence-corrected chi connectivity index (χ3v) is 6.28. The zero-order chi connectivity index (χ0) is 15.1. The van der Waals surface area contributed by atoms with Crippen molar-refractivity contribution in [3.05, 3.63) is 22.8 Å². The lowest BCUT2D eigenvalue weighted by Gasteiger charge is -2.21. The molecule has 0 radical (unpaired) electrons. The van der Waals surface area contributed by atoms with E-state index in [9.17, 15) is 8.42 Å². The Morgan fingerprint density at radius 1 is 1.20 bits per heavy atom.